The van der Waals surface area contributed by atoms with E-state index in [0.29, 0.717) is 12.2 Å². The van der Waals surface area contributed by atoms with Crippen LogP contribution in [0.2, 0.25) is 0 Å². The van der Waals surface area contributed by atoms with Crippen LogP contribution in [0, 0.1) is 0 Å². The van der Waals surface area contributed by atoms with Crippen molar-refractivity contribution >= 4 is 21.7 Å². The van der Waals surface area contributed by atoms with Crippen LogP contribution < -0.4 is 9.47 Å². The molecule has 27 heavy (non-hydrogen) atoms. The molecule has 0 aliphatic rings. The van der Waals surface area contributed by atoms with Gasteiger partial charge in [0.1, 0.15) is 21.8 Å². The average Bonchev–Trinajstić information content (AvgIpc) is 3.13. The molecule has 0 unspecified atom stereocenters. The van der Waals surface area contributed by atoms with Crippen molar-refractivity contribution in [2.45, 2.75) is 6.42 Å². The van der Waals surface area contributed by atoms with Gasteiger partial charge in [-0.3, -0.25) is 0 Å². The maximum absolute atomic E-state index is 5.87. The molecule has 6 heteroatoms. The predicted octanol–water partition coefficient (Wildman–Crippen LogP) is 5.28. The lowest BCUT2D eigenvalue weighted by molar-refractivity contribution is 0.415. The average molecular weight is 375 g/mol. The lowest BCUT2D eigenvalue weighted by Crippen LogP contribution is -1.96. The Hall–Kier alpha value is -3.25. The van der Waals surface area contributed by atoms with E-state index in [1.165, 1.54) is 0 Å². The molecule has 0 aliphatic heterocycles. The molecule has 0 fully saturated rings. The Morgan fingerprint density at radius 3 is 2.67 bits per heavy atom. The first-order chi connectivity index (χ1) is 13.3. The predicted molar refractivity (Wildman–Crippen MR) is 108 cm³/mol. The van der Waals surface area contributed by atoms with Crippen LogP contribution in [-0.2, 0) is 6.42 Å². The summed E-state index contributed by atoms with van der Waals surface area (Å²) in [5.74, 6) is 1.54. The summed E-state index contributed by atoms with van der Waals surface area (Å²) in [5, 5.41) is 8.38. The molecule has 2 aromatic heterocycles. The van der Waals surface area contributed by atoms with Gasteiger partial charge in [-0.25, -0.2) is 0 Å². The lowest BCUT2D eigenvalue weighted by atomic mass is 10.1. The van der Waals surface area contributed by atoms with E-state index in [1.54, 1.807) is 18.4 Å². The molecule has 4 rings (SSSR count). The Morgan fingerprint density at radius 2 is 1.89 bits per heavy atom. The Kier molecular flexibility index (Phi) is 4.80. The van der Waals surface area contributed by atoms with E-state index in [2.05, 4.69) is 21.8 Å². The van der Waals surface area contributed by atoms with Gasteiger partial charge in [-0.1, -0.05) is 29.4 Å². The monoisotopic (exact) mass is 375 g/mol. The van der Waals surface area contributed by atoms with Crippen LogP contribution >= 0.6 is 11.3 Å². The molecule has 134 valence electrons. The van der Waals surface area contributed by atoms with Gasteiger partial charge in [0.25, 0.3) is 0 Å². The number of methoxy groups -OCH3 is 1. The summed E-state index contributed by atoms with van der Waals surface area (Å²) in [6, 6.07) is 17.9. The zero-order valence-corrected chi connectivity index (χ0v) is 15.6. The molecular weight excluding hydrogens is 358 g/mol. The minimum Gasteiger partial charge on any atom is -0.497 e. The molecule has 4 aromatic rings. The van der Waals surface area contributed by atoms with Crippen molar-refractivity contribution in [1.82, 2.24) is 15.2 Å². The molecule has 2 aromatic carbocycles. The number of benzene rings is 2. The van der Waals surface area contributed by atoms with Gasteiger partial charge in [0.05, 0.1) is 7.11 Å². The summed E-state index contributed by atoms with van der Waals surface area (Å²) < 4.78 is 11.1. The van der Waals surface area contributed by atoms with E-state index >= 15 is 0 Å². The van der Waals surface area contributed by atoms with Crippen molar-refractivity contribution in [3.05, 3.63) is 72.8 Å². The Morgan fingerprint density at radius 1 is 1.07 bits per heavy atom. The number of allylic oxidation sites excluding steroid dienone is 1. The minimum atomic E-state index is 0.238. The maximum Gasteiger partial charge on any atom is 0.342 e. The maximum atomic E-state index is 5.87. The number of thiophene rings is 1. The van der Waals surface area contributed by atoms with Gasteiger partial charge in [0.15, 0.2) is 0 Å². The first-order valence-corrected chi connectivity index (χ1v) is 9.24. The second-order valence-corrected chi connectivity index (χ2v) is 6.86. The first-order valence-electron chi connectivity index (χ1n) is 8.42. The summed E-state index contributed by atoms with van der Waals surface area (Å²) in [5.41, 5.74) is 2.86. The zero-order chi connectivity index (χ0) is 18.6. The van der Waals surface area contributed by atoms with Gasteiger partial charge < -0.3 is 9.47 Å². The number of hydrogen-bond donors (Lipinski definition) is 0. The summed E-state index contributed by atoms with van der Waals surface area (Å²) in [7, 11) is 1.66. The van der Waals surface area contributed by atoms with Crippen LogP contribution in [0.25, 0.3) is 20.8 Å². The fraction of sp³-hybridized carbons (Fsp3) is 0.0952. The van der Waals surface area contributed by atoms with Gasteiger partial charge in [-0.2, -0.15) is 4.98 Å². The smallest absolute Gasteiger partial charge is 0.342 e. The molecule has 0 saturated carbocycles. The van der Waals surface area contributed by atoms with E-state index in [9.17, 15) is 0 Å². The van der Waals surface area contributed by atoms with Crippen LogP contribution in [0.3, 0.4) is 0 Å². The van der Waals surface area contributed by atoms with Gasteiger partial charge in [-0.15, -0.1) is 23.0 Å². The number of aromatic nitrogens is 3. The summed E-state index contributed by atoms with van der Waals surface area (Å²) in [6.07, 6.45) is 2.55. The second kappa shape index (κ2) is 7.55. The third-order valence-corrected chi connectivity index (χ3v) is 5.11. The molecule has 0 atom stereocenters. The van der Waals surface area contributed by atoms with Gasteiger partial charge >= 0.3 is 6.01 Å². The fourth-order valence-electron chi connectivity index (χ4n) is 2.70. The van der Waals surface area contributed by atoms with Crippen molar-refractivity contribution in [2.24, 2.45) is 0 Å². The van der Waals surface area contributed by atoms with Crippen molar-refractivity contribution in [3.63, 3.8) is 0 Å². The summed E-state index contributed by atoms with van der Waals surface area (Å²) in [6.45, 7) is 3.78. The van der Waals surface area contributed by atoms with Crippen molar-refractivity contribution < 1.29 is 9.47 Å². The second-order valence-electron chi connectivity index (χ2n) is 5.83. The van der Waals surface area contributed by atoms with Crippen molar-refractivity contribution in [2.75, 3.05) is 7.11 Å². The number of ether oxygens (including phenoxy) is 2. The van der Waals surface area contributed by atoms with Gasteiger partial charge in [-0.05, 0) is 53.9 Å². The molecule has 5 nitrogen and oxygen atoms in total. The number of fused-ring (bicyclic) bond motifs is 1. The van der Waals surface area contributed by atoms with Crippen LogP contribution in [-0.4, -0.2) is 22.3 Å². The number of para-hydroxylation sites is 1. The normalized spacial score (nSPS) is 10.7. The summed E-state index contributed by atoms with van der Waals surface area (Å²) in [4.78, 5) is 6.38. The zero-order valence-electron chi connectivity index (χ0n) is 14.8. The highest BCUT2D eigenvalue weighted by molar-refractivity contribution is 7.21. The quantitative estimate of drug-likeness (QED) is 0.429. The molecular formula is C21H17N3O2S. The third-order valence-electron chi connectivity index (χ3n) is 4.05. The van der Waals surface area contributed by atoms with Crippen LogP contribution in [0.4, 0.5) is 0 Å². The van der Waals surface area contributed by atoms with Gasteiger partial charge in [0, 0.05) is 4.88 Å². The van der Waals surface area contributed by atoms with Crippen LogP contribution in [0.1, 0.15) is 5.56 Å². The van der Waals surface area contributed by atoms with E-state index in [-0.39, 0.29) is 6.01 Å². The molecule has 0 N–H and O–H groups in total. The van der Waals surface area contributed by atoms with Crippen molar-refractivity contribution in [1.29, 1.82) is 0 Å². The topological polar surface area (TPSA) is 57.1 Å². The van der Waals surface area contributed by atoms with Crippen LogP contribution in [0.5, 0.6) is 17.5 Å². The molecule has 0 saturated heterocycles. The molecule has 0 radical (unpaired) electrons. The number of rotatable bonds is 6. The van der Waals surface area contributed by atoms with E-state index in [4.69, 9.17) is 9.47 Å². The number of hydrogen-bond acceptors (Lipinski definition) is 6. The van der Waals surface area contributed by atoms with Crippen molar-refractivity contribution in [3.8, 4) is 28.0 Å². The standard InChI is InChI=1S/C21H17N3O2S/c1-3-6-14-7-4-5-8-18(14)26-21-22-20-17(23-24-21)13-19(27-20)15-9-11-16(25-2)12-10-15/h3-5,7-13H,1,6H2,2H3. The molecule has 0 bridgehead atoms. The van der Waals surface area contributed by atoms with Crippen LogP contribution in [0.15, 0.2) is 67.3 Å². The Bertz CT molecular complexity index is 1090. The Labute approximate surface area is 160 Å². The lowest BCUT2D eigenvalue weighted by Gasteiger charge is -2.07. The highest BCUT2D eigenvalue weighted by atomic mass is 32.1. The first kappa shape index (κ1) is 17.2. The van der Waals surface area contributed by atoms with E-state index < -0.39 is 0 Å². The Balaban J connectivity index is 1.64. The summed E-state index contributed by atoms with van der Waals surface area (Å²) >= 11 is 1.55. The molecule has 2 heterocycles. The fourth-order valence-corrected chi connectivity index (χ4v) is 3.66. The van der Waals surface area contributed by atoms with E-state index in [1.807, 2.05) is 60.7 Å². The largest absolute Gasteiger partial charge is 0.497 e. The van der Waals surface area contributed by atoms with Gasteiger partial charge in [0.2, 0.25) is 0 Å². The number of nitrogens with zero attached hydrogens (tertiary/aromatic N) is 3. The highest BCUT2D eigenvalue weighted by Gasteiger charge is 2.11. The molecule has 0 aliphatic carbocycles. The highest BCUT2D eigenvalue weighted by Crippen LogP contribution is 2.33. The SMILES string of the molecule is C=CCc1ccccc1Oc1nnc2cc(-c3ccc(OC)cc3)sc2n1. The molecule has 0 amide bonds. The molecule has 0 spiro atoms. The van der Waals surface area contributed by atoms with E-state index in [0.717, 1.165) is 32.1 Å². The third kappa shape index (κ3) is 3.66. The minimum absolute atomic E-state index is 0.238.